The van der Waals surface area contributed by atoms with E-state index in [2.05, 4.69) is 18.2 Å². The first-order valence-corrected chi connectivity index (χ1v) is 7.18. The molecular formula is C16H15Cl2N. The van der Waals surface area contributed by atoms with Crippen LogP contribution in [0.3, 0.4) is 0 Å². The van der Waals surface area contributed by atoms with Gasteiger partial charge >= 0.3 is 0 Å². The lowest BCUT2D eigenvalue weighted by molar-refractivity contribution is 0.465. The topological polar surface area (TPSA) is 26.0 Å². The molecule has 0 aliphatic heterocycles. The largest absolute Gasteiger partial charge is 0.324 e. The van der Waals surface area contributed by atoms with Crippen LogP contribution in [0, 0.1) is 5.92 Å². The Morgan fingerprint density at radius 3 is 2.37 bits per heavy atom. The summed E-state index contributed by atoms with van der Waals surface area (Å²) in [4.78, 5) is 0. The fourth-order valence-electron chi connectivity index (χ4n) is 2.90. The summed E-state index contributed by atoms with van der Waals surface area (Å²) in [5.41, 5.74) is 9.98. The minimum absolute atomic E-state index is 0.0727. The molecule has 0 aromatic heterocycles. The van der Waals surface area contributed by atoms with Crippen LogP contribution in [0.15, 0.2) is 42.5 Å². The van der Waals surface area contributed by atoms with E-state index in [0.717, 1.165) is 28.5 Å². The molecule has 0 radical (unpaired) electrons. The minimum atomic E-state index is 0.0727. The van der Waals surface area contributed by atoms with Gasteiger partial charge in [-0.25, -0.2) is 0 Å². The number of benzene rings is 2. The smallest absolute Gasteiger partial charge is 0.0452 e. The summed E-state index contributed by atoms with van der Waals surface area (Å²) in [7, 11) is 0. The summed E-state index contributed by atoms with van der Waals surface area (Å²) in [5, 5.41) is 1.46. The third-order valence-corrected chi connectivity index (χ3v) is 4.64. The average Bonchev–Trinajstić information content (AvgIpc) is 2.72. The lowest BCUT2D eigenvalue weighted by Gasteiger charge is -2.17. The SMILES string of the molecule is NC1c2ccccc2CC1Cc1c(Cl)cccc1Cl. The van der Waals surface area contributed by atoms with Gasteiger partial charge < -0.3 is 5.73 Å². The lowest BCUT2D eigenvalue weighted by Crippen LogP contribution is -2.19. The number of fused-ring (bicyclic) bond motifs is 1. The molecule has 98 valence electrons. The van der Waals surface area contributed by atoms with E-state index < -0.39 is 0 Å². The second-order valence-corrected chi connectivity index (χ2v) is 5.91. The Morgan fingerprint density at radius 2 is 1.68 bits per heavy atom. The predicted molar refractivity (Wildman–Crippen MR) is 80.7 cm³/mol. The Labute approximate surface area is 123 Å². The van der Waals surface area contributed by atoms with Gasteiger partial charge in [-0.15, -0.1) is 0 Å². The summed E-state index contributed by atoms with van der Waals surface area (Å²) < 4.78 is 0. The highest BCUT2D eigenvalue weighted by atomic mass is 35.5. The molecule has 2 atom stereocenters. The predicted octanol–water partition coefficient (Wildman–Crippen LogP) is 4.41. The van der Waals surface area contributed by atoms with E-state index in [9.17, 15) is 0 Å². The highest BCUT2D eigenvalue weighted by Crippen LogP contribution is 2.38. The van der Waals surface area contributed by atoms with Crippen molar-refractivity contribution in [3.05, 3.63) is 69.2 Å². The molecular weight excluding hydrogens is 277 g/mol. The summed E-state index contributed by atoms with van der Waals surface area (Å²) in [6.07, 6.45) is 1.83. The van der Waals surface area contributed by atoms with E-state index in [4.69, 9.17) is 28.9 Å². The van der Waals surface area contributed by atoms with Crippen molar-refractivity contribution in [2.75, 3.05) is 0 Å². The zero-order valence-electron chi connectivity index (χ0n) is 10.4. The molecule has 2 aromatic carbocycles. The molecule has 1 nitrogen and oxygen atoms in total. The van der Waals surface area contributed by atoms with Gasteiger partial charge in [-0.2, -0.15) is 0 Å². The van der Waals surface area contributed by atoms with Gasteiger partial charge in [0.25, 0.3) is 0 Å². The van der Waals surface area contributed by atoms with Crippen LogP contribution in [0.2, 0.25) is 10.0 Å². The maximum atomic E-state index is 6.35. The molecule has 0 amide bonds. The Kier molecular flexibility index (Phi) is 3.53. The quantitative estimate of drug-likeness (QED) is 0.871. The Morgan fingerprint density at radius 1 is 1.00 bits per heavy atom. The maximum absolute atomic E-state index is 6.35. The van der Waals surface area contributed by atoms with Crippen LogP contribution in [0.4, 0.5) is 0 Å². The van der Waals surface area contributed by atoms with E-state index in [-0.39, 0.29) is 6.04 Å². The highest BCUT2D eigenvalue weighted by molar-refractivity contribution is 6.35. The second kappa shape index (κ2) is 5.16. The zero-order valence-corrected chi connectivity index (χ0v) is 12.0. The fraction of sp³-hybridized carbons (Fsp3) is 0.250. The van der Waals surface area contributed by atoms with Crippen LogP contribution in [-0.4, -0.2) is 0 Å². The van der Waals surface area contributed by atoms with Gasteiger partial charge in [0.15, 0.2) is 0 Å². The van der Waals surface area contributed by atoms with Crippen LogP contribution in [0.1, 0.15) is 22.7 Å². The molecule has 0 bridgehead atoms. The lowest BCUT2D eigenvalue weighted by atomic mass is 9.93. The van der Waals surface area contributed by atoms with Gasteiger partial charge in [0.1, 0.15) is 0 Å². The molecule has 2 N–H and O–H groups in total. The number of rotatable bonds is 2. The van der Waals surface area contributed by atoms with Crippen molar-refractivity contribution in [1.29, 1.82) is 0 Å². The van der Waals surface area contributed by atoms with Crippen molar-refractivity contribution in [2.45, 2.75) is 18.9 Å². The Balaban J connectivity index is 1.87. The molecule has 0 fully saturated rings. The van der Waals surface area contributed by atoms with Gasteiger partial charge in [-0.1, -0.05) is 53.5 Å². The molecule has 1 aliphatic carbocycles. The third-order valence-electron chi connectivity index (χ3n) is 3.93. The summed E-state index contributed by atoms with van der Waals surface area (Å²) in [6.45, 7) is 0. The van der Waals surface area contributed by atoms with Crippen LogP contribution in [0.25, 0.3) is 0 Å². The molecule has 3 rings (SSSR count). The van der Waals surface area contributed by atoms with Gasteiger partial charge in [0, 0.05) is 16.1 Å². The maximum Gasteiger partial charge on any atom is 0.0452 e. The molecule has 19 heavy (non-hydrogen) atoms. The average molecular weight is 292 g/mol. The molecule has 0 saturated heterocycles. The monoisotopic (exact) mass is 291 g/mol. The Bertz CT molecular complexity index is 589. The van der Waals surface area contributed by atoms with Crippen molar-refractivity contribution in [1.82, 2.24) is 0 Å². The Hall–Kier alpha value is -1.02. The van der Waals surface area contributed by atoms with Gasteiger partial charge in [-0.3, -0.25) is 0 Å². The summed E-state index contributed by atoms with van der Waals surface area (Å²) in [5.74, 6) is 0.370. The number of nitrogens with two attached hydrogens (primary N) is 1. The van der Waals surface area contributed by atoms with E-state index >= 15 is 0 Å². The highest BCUT2D eigenvalue weighted by Gasteiger charge is 2.30. The molecule has 2 unspecified atom stereocenters. The van der Waals surface area contributed by atoms with Crippen molar-refractivity contribution < 1.29 is 0 Å². The van der Waals surface area contributed by atoms with E-state index in [1.807, 2.05) is 24.3 Å². The van der Waals surface area contributed by atoms with Crippen LogP contribution in [0.5, 0.6) is 0 Å². The fourth-order valence-corrected chi connectivity index (χ4v) is 3.45. The van der Waals surface area contributed by atoms with Crippen LogP contribution < -0.4 is 5.73 Å². The van der Waals surface area contributed by atoms with Crippen molar-refractivity contribution in [3.63, 3.8) is 0 Å². The van der Waals surface area contributed by atoms with Crippen molar-refractivity contribution in [3.8, 4) is 0 Å². The molecule has 1 aliphatic rings. The molecule has 0 spiro atoms. The van der Waals surface area contributed by atoms with E-state index in [1.54, 1.807) is 0 Å². The molecule has 0 saturated carbocycles. The third kappa shape index (κ3) is 2.38. The van der Waals surface area contributed by atoms with E-state index in [0.29, 0.717) is 5.92 Å². The van der Waals surface area contributed by atoms with Crippen LogP contribution >= 0.6 is 23.2 Å². The summed E-state index contributed by atoms with van der Waals surface area (Å²) >= 11 is 12.5. The van der Waals surface area contributed by atoms with Gasteiger partial charge in [0.05, 0.1) is 0 Å². The second-order valence-electron chi connectivity index (χ2n) is 5.09. The van der Waals surface area contributed by atoms with Crippen LogP contribution in [-0.2, 0) is 12.8 Å². The van der Waals surface area contributed by atoms with Gasteiger partial charge in [-0.05, 0) is 47.6 Å². The standard InChI is InChI=1S/C16H15Cl2N/c17-14-6-3-7-15(18)13(14)9-11-8-10-4-1-2-5-12(10)16(11)19/h1-7,11,16H,8-9,19H2. The minimum Gasteiger partial charge on any atom is -0.324 e. The molecule has 0 heterocycles. The first kappa shape index (κ1) is 13.0. The normalized spacial score (nSPS) is 21.4. The molecule has 2 aromatic rings. The number of hydrogen-bond acceptors (Lipinski definition) is 1. The zero-order chi connectivity index (χ0) is 13.4. The summed E-state index contributed by atoms with van der Waals surface area (Å²) in [6, 6.07) is 14.1. The number of hydrogen-bond donors (Lipinski definition) is 1. The van der Waals surface area contributed by atoms with Gasteiger partial charge in [0.2, 0.25) is 0 Å². The first-order chi connectivity index (χ1) is 9.16. The molecule has 3 heteroatoms. The van der Waals surface area contributed by atoms with Crippen molar-refractivity contribution in [2.24, 2.45) is 11.7 Å². The van der Waals surface area contributed by atoms with E-state index in [1.165, 1.54) is 11.1 Å². The number of halogens is 2. The first-order valence-electron chi connectivity index (χ1n) is 6.43. The van der Waals surface area contributed by atoms with Crippen molar-refractivity contribution >= 4 is 23.2 Å².